The molecule has 0 fully saturated rings. The molecule has 7 heteroatoms. The Hall–Kier alpha value is -2.93. The molecule has 2 aromatic carbocycles. The fraction of sp³-hybridized carbons (Fsp3) is 0.273. The van der Waals surface area contributed by atoms with Crippen LogP contribution < -0.4 is 10.6 Å². The van der Waals surface area contributed by atoms with Gasteiger partial charge in [-0.15, -0.1) is 0 Å². The number of nitrogens with zero attached hydrogens (tertiary/aromatic N) is 2. The first-order valence-electron chi connectivity index (χ1n) is 9.70. The van der Waals surface area contributed by atoms with Crippen molar-refractivity contribution in [3.63, 3.8) is 0 Å². The maximum absolute atomic E-state index is 12.1. The number of anilines is 4. The minimum Gasteiger partial charge on any atom is -0.340 e. The van der Waals surface area contributed by atoms with Gasteiger partial charge in [-0.05, 0) is 48.2 Å². The predicted molar refractivity (Wildman–Crippen MR) is 118 cm³/mol. The standard InChI is InChI=1S/C22H26N4O2S/c1-4-16(3)17-9-11-18(12-10-17)25-21-14-22(24-15-23-21)26-19-7-6-8-20(13-19)29(27,28)5-2/h6-16H,4-5H2,1-3H3,(H2,23,24,25,26). The van der Waals surface area contributed by atoms with Gasteiger partial charge in [0.25, 0.3) is 0 Å². The molecule has 1 aromatic heterocycles. The second kappa shape index (κ2) is 9.05. The molecule has 1 unspecified atom stereocenters. The van der Waals surface area contributed by atoms with Gasteiger partial charge in [-0.2, -0.15) is 0 Å². The molecule has 6 nitrogen and oxygen atoms in total. The number of nitrogens with one attached hydrogen (secondary N) is 2. The maximum Gasteiger partial charge on any atom is 0.178 e. The van der Waals surface area contributed by atoms with Crippen molar-refractivity contribution < 1.29 is 8.42 Å². The van der Waals surface area contributed by atoms with Crippen LogP contribution in [0.5, 0.6) is 0 Å². The van der Waals surface area contributed by atoms with E-state index in [0.29, 0.717) is 28.1 Å². The Morgan fingerprint density at radius 3 is 2.17 bits per heavy atom. The lowest BCUT2D eigenvalue weighted by Gasteiger charge is -2.12. The zero-order valence-electron chi connectivity index (χ0n) is 16.9. The molecule has 0 spiro atoms. The van der Waals surface area contributed by atoms with Crippen LogP contribution in [-0.4, -0.2) is 24.1 Å². The first-order chi connectivity index (χ1) is 13.9. The van der Waals surface area contributed by atoms with Crippen LogP contribution in [0.3, 0.4) is 0 Å². The molecule has 3 rings (SSSR count). The molecule has 29 heavy (non-hydrogen) atoms. The van der Waals surface area contributed by atoms with Crippen LogP contribution >= 0.6 is 0 Å². The van der Waals surface area contributed by atoms with E-state index in [2.05, 4.69) is 46.6 Å². The quantitative estimate of drug-likeness (QED) is 0.526. The van der Waals surface area contributed by atoms with Gasteiger partial charge in [0.2, 0.25) is 0 Å². The summed E-state index contributed by atoms with van der Waals surface area (Å²) in [6.07, 6.45) is 2.57. The summed E-state index contributed by atoms with van der Waals surface area (Å²) in [7, 11) is -3.26. The molecule has 0 saturated carbocycles. The molecule has 0 bridgehead atoms. The number of benzene rings is 2. The van der Waals surface area contributed by atoms with Crippen LogP contribution in [0.4, 0.5) is 23.0 Å². The molecule has 0 aliphatic rings. The lowest BCUT2D eigenvalue weighted by atomic mass is 9.99. The van der Waals surface area contributed by atoms with E-state index in [1.54, 1.807) is 37.3 Å². The first-order valence-corrected chi connectivity index (χ1v) is 11.4. The second-order valence-electron chi connectivity index (χ2n) is 6.90. The van der Waals surface area contributed by atoms with Crippen molar-refractivity contribution in [3.05, 3.63) is 66.5 Å². The first kappa shape index (κ1) is 20.8. The minimum atomic E-state index is -3.26. The summed E-state index contributed by atoms with van der Waals surface area (Å²) in [5.41, 5.74) is 2.91. The monoisotopic (exact) mass is 410 g/mol. The van der Waals surface area contributed by atoms with Gasteiger partial charge >= 0.3 is 0 Å². The zero-order valence-corrected chi connectivity index (χ0v) is 17.7. The highest BCUT2D eigenvalue weighted by atomic mass is 32.2. The normalized spacial score (nSPS) is 12.4. The van der Waals surface area contributed by atoms with Gasteiger partial charge in [-0.3, -0.25) is 0 Å². The number of hydrogen-bond donors (Lipinski definition) is 2. The van der Waals surface area contributed by atoms with Crippen LogP contribution in [0.25, 0.3) is 0 Å². The summed E-state index contributed by atoms with van der Waals surface area (Å²) >= 11 is 0. The van der Waals surface area contributed by atoms with Gasteiger partial charge in [0, 0.05) is 17.4 Å². The van der Waals surface area contributed by atoms with Crippen LogP contribution in [0, 0.1) is 0 Å². The molecule has 2 N–H and O–H groups in total. The third kappa shape index (κ3) is 5.32. The summed E-state index contributed by atoms with van der Waals surface area (Å²) in [4.78, 5) is 8.78. The van der Waals surface area contributed by atoms with E-state index in [-0.39, 0.29) is 5.75 Å². The summed E-state index contributed by atoms with van der Waals surface area (Å²) in [6, 6.07) is 16.8. The third-order valence-corrected chi connectivity index (χ3v) is 6.61. The van der Waals surface area contributed by atoms with E-state index in [4.69, 9.17) is 0 Å². The molecule has 0 aliphatic carbocycles. The second-order valence-corrected chi connectivity index (χ2v) is 9.18. The molecular weight excluding hydrogens is 384 g/mol. The molecule has 3 aromatic rings. The Balaban J connectivity index is 1.74. The van der Waals surface area contributed by atoms with Gasteiger partial charge in [0.15, 0.2) is 9.84 Å². The molecule has 152 valence electrons. The molecule has 0 radical (unpaired) electrons. The van der Waals surface area contributed by atoms with E-state index < -0.39 is 9.84 Å². The molecule has 0 amide bonds. The van der Waals surface area contributed by atoms with Crippen molar-refractivity contribution in [2.24, 2.45) is 0 Å². The van der Waals surface area contributed by atoms with Crippen LogP contribution in [0.2, 0.25) is 0 Å². The van der Waals surface area contributed by atoms with E-state index >= 15 is 0 Å². The van der Waals surface area contributed by atoms with Crippen molar-refractivity contribution in [2.75, 3.05) is 16.4 Å². The average molecular weight is 411 g/mol. The topological polar surface area (TPSA) is 84.0 Å². The summed E-state index contributed by atoms with van der Waals surface area (Å²) in [6.45, 7) is 6.03. The summed E-state index contributed by atoms with van der Waals surface area (Å²) in [5.74, 6) is 1.82. The Kier molecular flexibility index (Phi) is 6.49. The highest BCUT2D eigenvalue weighted by molar-refractivity contribution is 7.91. The molecule has 0 aliphatic heterocycles. The van der Waals surface area contributed by atoms with Crippen molar-refractivity contribution in [3.8, 4) is 0 Å². The van der Waals surface area contributed by atoms with Crippen molar-refractivity contribution >= 4 is 32.8 Å². The Bertz CT molecular complexity index is 1070. The Morgan fingerprint density at radius 1 is 0.897 bits per heavy atom. The van der Waals surface area contributed by atoms with E-state index in [1.165, 1.54) is 11.9 Å². The summed E-state index contributed by atoms with van der Waals surface area (Å²) in [5, 5.41) is 6.41. The van der Waals surface area contributed by atoms with Gasteiger partial charge in [0.1, 0.15) is 18.0 Å². The fourth-order valence-corrected chi connectivity index (χ4v) is 3.78. The number of rotatable bonds is 8. The van der Waals surface area contributed by atoms with E-state index in [1.807, 2.05) is 12.1 Å². The largest absolute Gasteiger partial charge is 0.340 e. The number of aromatic nitrogens is 2. The number of hydrogen-bond acceptors (Lipinski definition) is 6. The SMILES string of the molecule is CCC(C)c1ccc(Nc2cc(Nc3cccc(S(=O)(=O)CC)c3)ncn2)cc1. The highest BCUT2D eigenvalue weighted by Gasteiger charge is 2.12. The lowest BCUT2D eigenvalue weighted by Crippen LogP contribution is -2.04. The smallest absolute Gasteiger partial charge is 0.178 e. The molecular formula is C22H26N4O2S. The maximum atomic E-state index is 12.1. The third-order valence-electron chi connectivity index (χ3n) is 4.88. The van der Waals surface area contributed by atoms with Crippen molar-refractivity contribution in [1.29, 1.82) is 0 Å². The fourth-order valence-electron chi connectivity index (χ4n) is 2.85. The highest BCUT2D eigenvalue weighted by Crippen LogP contribution is 2.24. The zero-order chi connectivity index (χ0) is 20.9. The van der Waals surface area contributed by atoms with Gasteiger partial charge in [0.05, 0.1) is 10.6 Å². The van der Waals surface area contributed by atoms with Crippen LogP contribution in [0.15, 0.2) is 65.8 Å². The van der Waals surface area contributed by atoms with Crippen LogP contribution in [-0.2, 0) is 9.84 Å². The van der Waals surface area contributed by atoms with Gasteiger partial charge in [-0.25, -0.2) is 18.4 Å². The molecule has 1 atom stereocenters. The van der Waals surface area contributed by atoms with E-state index in [0.717, 1.165) is 12.1 Å². The van der Waals surface area contributed by atoms with Crippen molar-refractivity contribution in [1.82, 2.24) is 9.97 Å². The average Bonchev–Trinajstić information content (AvgIpc) is 2.74. The van der Waals surface area contributed by atoms with Gasteiger partial charge < -0.3 is 10.6 Å². The molecule has 0 saturated heterocycles. The van der Waals surface area contributed by atoms with Crippen molar-refractivity contribution in [2.45, 2.75) is 38.0 Å². The van der Waals surface area contributed by atoms with Gasteiger partial charge in [-0.1, -0.05) is 39.0 Å². The Morgan fingerprint density at radius 2 is 1.55 bits per heavy atom. The lowest BCUT2D eigenvalue weighted by molar-refractivity contribution is 0.597. The Labute approximate surface area is 172 Å². The molecule has 1 heterocycles. The van der Waals surface area contributed by atoms with Crippen LogP contribution in [0.1, 0.15) is 38.7 Å². The summed E-state index contributed by atoms with van der Waals surface area (Å²) < 4.78 is 24.2. The minimum absolute atomic E-state index is 0.0633. The predicted octanol–water partition coefficient (Wildman–Crippen LogP) is 5.27. The number of sulfone groups is 1. The van der Waals surface area contributed by atoms with E-state index in [9.17, 15) is 8.42 Å².